The summed E-state index contributed by atoms with van der Waals surface area (Å²) < 4.78 is 0. The van der Waals surface area contributed by atoms with E-state index in [4.69, 9.17) is 0 Å². The van der Waals surface area contributed by atoms with Gasteiger partial charge in [0, 0.05) is 0 Å². The molecule has 4 heavy (non-hydrogen) atoms. The first-order chi connectivity index (χ1) is 0. The van der Waals surface area contributed by atoms with Crippen LogP contribution in [0.4, 0.5) is 0 Å². The third-order valence-electron chi connectivity index (χ3n) is 0. The Hall–Kier alpha value is 4.13. The van der Waals surface area contributed by atoms with Gasteiger partial charge in [-0.1, -0.05) is 0 Å². The fourth-order valence-electron chi connectivity index (χ4n) is 0. The predicted octanol–water partition coefficient (Wildman–Crippen LogP) is -3.93. The van der Waals surface area contributed by atoms with Gasteiger partial charge >= 0.3 is 110 Å². The summed E-state index contributed by atoms with van der Waals surface area (Å²) in [5, 5.41) is 0. The van der Waals surface area contributed by atoms with E-state index >= 15 is 0 Å². The third kappa shape index (κ3) is 9.46. The summed E-state index contributed by atoms with van der Waals surface area (Å²) in [5.41, 5.74) is 0. The average molecular weight is 238 g/mol. The molecule has 0 radical (unpaired) electrons. The molecule has 0 atom stereocenters. The second-order valence-corrected chi connectivity index (χ2v) is 0. The topological polar surface area (TPSA) is 0 Å². The molecule has 0 nitrogen and oxygen atoms in total. The van der Waals surface area contributed by atoms with Crippen molar-refractivity contribution >= 4 is 127 Å². The number of hydrogen-bond acceptors (Lipinski definition) is 0. The van der Waals surface area contributed by atoms with Crippen molar-refractivity contribution in [3.8, 4) is 0 Å². The Balaban J connectivity index is 0. The van der Waals surface area contributed by atoms with E-state index in [0.717, 1.165) is 0 Å². The van der Waals surface area contributed by atoms with Crippen molar-refractivity contribution < 1.29 is 0 Å². The SMILES string of the molecule is [AlH3].[BaH2].[CaH2].[MgH2]. The normalized spacial score (nSPS) is 0. The quantitative estimate of drug-likeness (QED) is 0.378. The Labute approximate surface area is 123 Å². The van der Waals surface area contributed by atoms with Crippen molar-refractivity contribution in [1.29, 1.82) is 0 Å². The molecule has 0 unspecified atom stereocenters. The van der Waals surface area contributed by atoms with Crippen LogP contribution in [-0.4, -0.2) is 127 Å². The van der Waals surface area contributed by atoms with Gasteiger partial charge in [-0.3, -0.25) is 0 Å². The monoisotopic (exact) mass is 238 g/mol. The van der Waals surface area contributed by atoms with Crippen molar-refractivity contribution in [3.05, 3.63) is 0 Å². The maximum Gasteiger partial charge on any atom is 0.316 e. The fourth-order valence-corrected chi connectivity index (χ4v) is 0. The van der Waals surface area contributed by atoms with Crippen LogP contribution in [0.3, 0.4) is 0 Å². The second kappa shape index (κ2) is 15.7. The molecule has 0 aromatic carbocycles. The van der Waals surface area contributed by atoms with Gasteiger partial charge in [-0.15, -0.1) is 0 Å². The molecule has 0 aliphatic carbocycles. The summed E-state index contributed by atoms with van der Waals surface area (Å²) in [7, 11) is 0. The van der Waals surface area contributed by atoms with Crippen molar-refractivity contribution in [2.24, 2.45) is 0 Å². The molecule has 0 aromatic heterocycles. The van der Waals surface area contributed by atoms with Crippen LogP contribution in [0.1, 0.15) is 0 Å². The Kier molecular flexibility index (Phi) is 95.2. The van der Waals surface area contributed by atoms with Crippen LogP contribution in [0.15, 0.2) is 0 Å². The van der Waals surface area contributed by atoms with E-state index in [2.05, 4.69) is 0 Å². The van der Waals surface area contributed by atoms with Gasteiger partial charge in [0.25, 0.3) is 0 Å². The number of hydrogen-bond donors (Lipinski definition) is 0. The number of rotatable bonds is 0. The Morgan fingerprint density at radius 1 is 1.00 bits per heavy atom. The second-order valence-electron chi connectivity index (χ2n) is 0. The van der Waals surface area contributed by atoms with Crippen molar-refractivity contribution in [2.45, 2.75) is 0 Å². The molecule has 0 saturated heterocycles. The van der Waals surface area contributed by atoms with E-state index < -0.39 is 0 Å². The summed E-state index contributed by atoms with van der Waals surface area (Å²) in [5.74, 6) is 0. The average Bonchev–Trinajstić information content (AvgIpc) is 0. The third-order valence-corrected chi connectivity index (χ3v) is 0. The molecule has 0 bridgehead atoms. The first kappa shape index (κ1) is 24.2. The molecule has 0 N–H and O–H groups in total. The van der Waals surface area contributed by atoms with Gasteiger partial charge in [0.1, 0.15) is 0 Å². The van der Waals surface area contributed by atoms with Gasteiger partial charge in [0.15, 0.2) is 17.4 Å². The van der Waals surface area contributed by atoms with Gasteiger partial charge in [0.2, 0.25) is 0 Å². The zero-order valence-corrected chi connectivity index (χ0v) is 0. The Morgan fingerprint density at radius 3 is 1.00 bits per heavy atom. The van der Waals surface area contributed by atoms with E-state index in [1.54, 1.807) is 0 Å². The maximum atomic E-state index is 0. The largest absolute Gasteiger partial charge is 0.316 e. The molecule has 0 amide bonds. The molecule has 0 aliphatic rings. The Bertz CT molecular complexity index is 8.00. The van der Waals surface area contributed by atoms with Gasteiger partial charge < -0.3 is 0 Å². The summed E-state index contributed by atoms with van der Waals surface area (Å²) in [6.07, 6.45) is 0. The fraction of sp³-hybridized carbons (Fsp3) is 0. The molecule has 18 valence electrons. The molecular weight excluding hydrogens is 229 g/mol. The first-order valence-corrected chi connectivity index (χ1v) is 0. The summed E-state index contributed by atoms with van der Waals surface area (Å²) in [4.78, 5) is 0. The predicted molar refractivity (Wildman–Crippen MR) is 35.6 cm³/mol. The maximum absolute atomic E-state index is 0. The minimum Gasteiger partial charge on any atom is 0.316 e. The van der Waals surface area contributed by atoms with E-state index in [0.29, 0.717) is 0 Å². The molecule has 0 aliphatic heterocycles. The first-order valence-electron chi connectivity index (χ1n) is 0. The van der Waals surface area contributed by atoms with Crippen LogP contribution in [0.25, 0.3) is 0 Å². The summed E-state index contributed by atoms with van der Waals surface area (Å²) in [6, 6.07) is 0. The molecule has 0 aromatic rings. The molecule has 0 saturated carbocycles. The van der Waals surface area contributed by atoms with Crippen LogP contribution < -0.4 is 0 Å². The summed E-state index contributed by atoms with van der Waals surface area (Å²) >= 11 is 0. The van der Waals surface area contributed by atoms with Crippen LogP contribution in [0, 0.1) is 0 Å². The standard InChI is InChI=1S/Al.Ba.Ca.Mg.9H. The minimum absolute atomic E-state index is 0. The van der Waals surface area contributed by atoms with Gasteiger partial charge in [-0.2, -0.15) is 0 Å². The van der Waals surface area contributed by atoms with E-state index in [9.17, 15) is 0 Å². The van der Waals surface area contributed by atoms with Gasteiger partial charge in [-0.25, -0.2) is 0 Å². The molecule has 0 heterocycles. The molecule has 0 fully saturated rings. The van der Waals surface area contributed by atoms with Crippen molar-refractivity contribution in [3.63, 3.8) is 0 Å². The smallest absolute Gasteiger partial charge is 0.316 e. The molecule has 0 rings (SSSR count). The van der Waals surface area contributed by atoms with E-state index in [-0.39, 0.29) is 127 Å². The van der Waals surface area contributed by atoms with Gasteiger partial charge in [0.05, 0.1) is 0 Å². The van der Waals surface area contributed by atoms with E-state index in [1.807, 2.05) is 0 Å². The van der Waals surface area contributed by atoms with Crippen LogP contribution in [0.5, 0.6) is 0 Å². The van der Waals surface area contributed by atoms with Crippen LogP contribution >= 0.6 is 0 Å². The molecular formula is H9AlBaCaMg. The molecule has 0 spiro atoms. The zero-order chi connectivity index (χ0) is 0. The van der Waals surface area contributed by atoms with Crippen LogP contribution in [0.2, 0.25) is 0 Å². The molecule has 4 heteroatoms. The van der Waals surface area contributed by atoms with Crippen molar-refractivity contribution in [1.82, 2.24) is 0 Å². The minimum atomic E-state index is 0. The summed E-state index contributed by atoms with van der Waals surface area (Å²) in [6.45, 7) is 0. The van der Waals surface area contributed by atoms with E-state index in [1.165, 1.54) is 0 Å². The zero-order valence-electron chi connectivity index (χ0n) is 0. The van der Waals surface area contributed by atoms with Gasteiger partial charge in [-0.05, 0) is 0 Å². The Morgan fingerprint density at radius 2 is 1.00 bits per heavy atom. The van der Waals surface area contributed by atoms with Crippen molar-refractivity contribution in [2.75, 3.05) is 0 Å². The van der Waals surface area contributed by atoms with Crippen LogP contribution in [-0.2, 0) is 0 Å².